The van der Waals surface area contributed by atoms with Crippen LogP contribution in [-0.4, -0.2) is 17.1 Å². The lowest BCUT2D eigenvalue weighted by atomic mass is 9.70. The van der Waals surface area contributed by atoms with Crippen molar-refractivity contribution in [2.24, 2.45) is 16.6 Å². The van der Waals surface area contributed by atoms with Crippen molar-refractivity contribution >= 4 is 5.97 Å². The lowest BCUT2D eigenvalue weighted by molar-refractivity contribution is -0.142. The van der Waals surface area contributed by atoms with Gasteiger partial charge in [-0.1, -0.05) is 27.2 Å². The largest absolute Gasteiger partial charge is 0.480 e. The lowest BCUT2D eigenvalue weighted by Gasteiger charge is -2.36. The van der Waals surface area contributed by atoms with Crippen molar-refractivity contribution in [3.05, 3.63) is 0 Å². The molecule has 3 nitrogen and oxygen atoms in total. The maximum atomic E-state index is 10.8. The van der Waals surface area contributed by atoms with Gasteiger partial charge in [0, 0.05) is 5.41 Å². The van der Waals surface area contributed by atoms with E-state index in [0.717, 1.165) is 19.3 Å². The lowest BCUT2D eigenvalue weighted by Crippen LogP contribution is -2.46. The van der Waals surface area contributed by atoms with Gasteiger partial charge in [-0.3, -0.25) is 4.79 Å². The van der Waals surface area contributed by atoms with E-state index in [1.54, 1.807) is 0 Å². The molecule has 0 radical (unpaired) electrons. The minimum Gasteiger partial charge on any atom is -0.480 e. The van der Waals surface area contributed by atoms with E-state index in [0.29, 0.717) is 0 Å². The second-order valence-electron chi connectivity index (χ2n) is 4.71. The van der Waals surface area contributed by atoms with E-state index in [1.165, 1.54) is 0 Å². The van der Waals surface area contributed by atoms with Crippen molar-refractivity contribution in [1.82, 2.24) is 0 Å². The van der Waals surface area contributed by atoms with Crippen LogP contribution in [0.1, 0.15) is 40.0 Å². The van der Waals surface area contributed by atoms with Crippen molar-refractivity contribution in [2.45, 2.75) is 46.1 Å². The molecule has 0 spiro atoms. The molecule has 0 aliphatic heterocycles. The fourth-order valence-corrected chi connectivity index (χ4v) is 2.13. The summed E-state index contributed by atoms with van der Waals surface area (Å²) in [7, 11) is 0. The van der Waals surface area contributed by atoms with Gasteiger partial charge in [-0.25, -0.2) is 0 Å². The van der Waals surface area contributed by atoms with Crippen LogP contribution < -0.4 is 5.73 Å². The molecule has 3 heteroatoms. The van der Waals surface area contributed by atoms with Crippen LogP contribution in [0.3, 0.4) is 0 Å². The smallest absolute Gasteiger partial charge is 0.321 e. The quantitative estimate of drug-likeness (QED) is 0.699. The molecule has 0 aromatic heterocycles. The van der Waals surface area contributed by atoms with Crippen LogP contribution in [0.15, 0.2) is 0 Å². The van der Waals surface area contributed by atoms with Gasteiger partial charge in [0.15, 0.2) is 0 Å². The average molecular weight is 185 g/mol. The summed E-state index contributed by atoms with van der Waals surface area (Å²) in [4.78, 5) is 10.8. The van der Waals surface area contributed by atoms with Crippen LogP contribution in [0.4, 0.5) is 0 Å². The highest BCUT2D eigenvalue weighted by Crippen LogP contribution is 2.61. The number of hydrogen-bond acceptors (Lipinski definition) is 2. The highest BCUT2D eigenvalue weighted by molar-refractivity contribution is 5.75. The summed E-state index contributed by atoms with van der Waals surface area (Å²) in [6, 6.07) is -0.692. The number of nitrogens with two attached hydrogens (primary N) is 1. The molecule has 0 aromatic rings. The van der Waals surface area contributed by atoms with E-state index in [9.17, 15) is 4.79 Å². The summed E-state index contributed by atoms with van der Waals surface area (Å²) in [5, 5.41) is 8.89. The van der Waals surface area contributed by atoms with E-state index in [-0.39, 0.29) is 10.8 Å². The first-order valence-corrected chi connectivity index (χ1v) is 4.86. The number of carbonyl (C=O) groups is 1. The Hall–Kier alpha value is -0.570. The second-order valence-corrected chi connectivity index (χ2v) is 4.71. The van der Waals surface area contributed by atoms with Gasteiger partial charge >= 0.3 is 5.97 Å². The van der Waals surface area contributed by atoms with Crippen molar-refractivity contribution in [2.75, 3.05) is 0 Å². The fourth-order valence-electron chi connectivity index (χ4n) is 2.13. The van der Waals surface area contributed by atoms with E-state index in [4.69, 9.17) is 10.8 Å². The van der Waals surface area contributed by atoms with Crippen LogP contribution in [-0.2, 0) is 4.79 Å². The molecule has 0 heterocycles. The summed E-state index contributed by atoms with van der Waals surface area (Å²) < 4.78 is 0. The van der Waals surface area contributed by atoms with Crippen LogP contribution >= 0.6 is 0 Å². The van der Waals surface area contributed by atoms with Gasteiger partial charge in [0.05, 0.1) is 0 Å². The zero-order valence-electron chi connectivity index (χ0n) is 8.63. The highest BCUT2D eigenvalue weighted by Gasteiger charge is 2.59. The first-order chi connectivity index (χ1) is 5.87. The third-order valence-corrected chi connectivity index (χ3v) is 3.88. The van der Waals surface area contributed by atoms with Crippen molar-refractivity contribution in [3.63, 3.8) is 0 Å². The van der Waals surface area contributed by atoms with E-state index in [1.807, 2.05) is 0 Å². The summed E-state index contributed by atoms with van der Waals surface area (Å²) in [5.41, 5.74) is 5.62. The van der Waals surface area contributed by atoms with E-state index < -0.39 is 12.0 Å². The third kappa shape index (κ3) is 1.46. The molecular weight excluding hydrogens is 166 g/mol. The normalized spacial score (nSPS) is 22.5. The summed E-state index contributed by atoms with van der Waals surface area (Å²) in [6.07, 6.45) is 2.90. The van der Waals surface area contributed by atoms with Crippen LogP contribution in [0.5, 0.6) is 0 Å². The number of rotatable bonds is 4. The first kappa shape index (κ1) is 10.5. The SMILES string of the molecule is CCC(C)(C)C1(C(N)C(=O)O)CC1. The molecule has 1 unspecified atom stereocenters. The van der Waals surface area contributed by atoms with Crippen molar-refractivity contribution in [1.29, 1.82) is 0 Å². The molecule has 0 saturated heterocycles. The maximum absolute atomic E-state index is 10.8. The Morgan fingerprint density at radius 3 is 2.31 bits per heavy atom. The Morgan fingerprint density at radius 1 is 1.62 bits per heavy atom. The minimum absolute atomic E-state index is 0.0464. The molecule has 76 valence electrons. The molecule has 0 amide bonds. The maximum Gasteiger partial charge on any atom is 0.321 e. The molecule has 1 fully saturated rings. The number of aliphatic carboxylic acids is 1. The van der Waals surface area contributed by atoms with Crippen LogP contribution in [0.25, 0.3) is 0 Å². The summed E-state index contributed by atoms with van der Waals surface area (Å²) >= 11 is 0. The fraction of sp³-hybridized carbons (Fsp3) is 0.900. The molecule has 1 saturated carbocycles. The summed E-state index contributed by atoms with van der Waals surface area (Å²) in [6.45, 7) is 6.32. The van der Waals surface area contributed by atoms with Gasteiger partial charge in [0.1, 0.15) is 6.04 Å². The Morgan fingerprint density at radius 2 is 2.08 bits per heavy atom. The first-order valence-electron chi connectivity index (χ1n) is 4.86. The Bertz CT molecular complexity index is 219. The number of carboxylic acid groups (broad SMARTS) is 1. The average Bonchev–Trinajstić information content (AvgIpc) is 2.83. The van der Waals surface area contributed by atoms with Gasteiger partial charge in [0.2, 0.25) is 0 Å². The van der Waals surface area contributed by atoms with Gasteiger partial charge in [0.25, 0.3) is 0 Å². The number of hydrogen-bond donors (Lipinski definition) is 2. The molecule has 0 bridgehead atoms. The molecule has 1 aliphatic rings. The molecular formula is C10H19NO2. The Balaban J connectivity index is 2.83. The zero-order valence-corrected chi connectivity index (χ0v) is 8.63. The Kier molecular flexibility index (Phi) is 2.41. The predicted molar refractivity (Wildman–Crippen MR) is 51.4 cm³/mol. The van der Waals surface area contributed by atoms with Crippen molar-refractivity contribution < 1.29 is 9.90 Å². The van der Waals surface area contributed by atoms with Crippen LogP contribution in [0, 0.1) is 10.8 Å². The predicted octanol–water partition coefficient (Wildman–Crippen LogP) is 1.61. The van der Waals surface area contributed by atoms with Gasteiger partial charge < -0.3 is 10.8 Å². The molecule has 1 rings (SSSR count). The topological polar surface area (TPSA) is 63.3 Å². The van der Waals surface area contributed by atoms with Gasteiger partial charge in [-0.2, -0.15) is 0 Å². The minimum atomic E-state index is -0.862. The van der Waals surface area contributed by atoms with Crippen LogP contribution in [0.2, 0.25) is 0 Å². The van der Waals surface area contributed by atoms with Gasteiger partial charge in [-0.05, 0) is 18.3 Å². The highest BCUT2D eigenvalue weighted by atomic mass is 16.4. The van der Waals surface area contributed by atoms with Gasteiger partial charge in [-0.15, -0.1) is 0 Å². The number of carboxylic acids is 1. The molecule has 1 atom stereocenters. The molecule has 13 heavy (non-hydrogen) atoms. The summed E-state index contributed by atoms with van der Waals surface area (Å²) in [5.74, 6) is -0.862. The van der Waals surface area contributed by atoms with E-state index >= 15 is 0 Å². The third-order valence-electron chi connectivity index (χ3n) is 3.88. The molecule has 1 aliphatic carbocycles. The Labute approximate surface area is 79.3 Å². The molecule has 0 aromatic carbocycles. The van der Waals surface area contributed by atoms with E-state index in [2.05, 4.69) is 20.8 Å². The second kappa shape index (κ2) is 2.98. The van der Waals surface area contributed by atoms with Crippen molar-refractivity contribution in [3.8, 4) is 0 Å². The zero-order chi connectivity index (χ0) is 10.3. The molecule has 3 N–H and O–H groups in total. The standard InChI is InChI=1S/C10H19NO2/c1-4-9(2,3)10(5-6-10)7(11)8(12)13/h7H,4-6,11H2,1-3H3,(H,12,13). The monoisotopic (exact) mass is 185 g/mol.